The molecule has 28 heavy (non-hydrogen) atoms. The quantitative estimate of drug-likeness (QED) is 0.295. The molecule has 7 nitrogen and oxygen atoms in total. The van der Waals surface area contributed by atoms with Crippen LogP contribution in [-0.4, -0.2) is 26.0 Å². The van der Waals surface area contributed by atoms with E-state index in [1.54, 1.807) is 25.1 Å². The maximum absolute atomic E-state index is 12.5. The largest absolute Gasteiger partial charge is 0.493 e. The van der Waals surface area contributed by atoms with Gasteiger partial charge in [0, 0.05) is 24.3 Å². The zero-order valence-electron chi connectivity index (χ0n) is 16.7. The summed E-state index contributed by atoms with van der Waals surface area (Å²) < 4.78 is 21.3. The highest BCUT2D eigenvalue weighted by Crippen LogP contribution is 2.43. The first-order valence-electron chi connectivity index (χ1n) is 8.82. The molecular weight excluding hydrogens is 364 g/mol. The molecule has 1 heterocycles. The standard InChI is InChI=1S/C21H24O7/c1-12(2)8-15(22)9-13(3)10-18(24)28-21-19-14(6-7-17(23)27-19)11-16(25-4)20(21)26-5/h6-8,11,13H,9-10H2,1-5H3/t13-/m1/s1. The lowest BCUT2D eigenvalue weighted by atomic mass is 10.0. The Labute approximate surface area is 162 Å². The summed E-state index contributed by atoms with van der Waals surface area (Å²) in [6.45, 7) is 5.47. The Hall–Kier alpha value is -3.09. The first-order chi connectivity index (χ1) is 13.2. The molecule has 0 bridgehead atoms. The Morgan fingerprint density at radius 3 is 2.43 bits per heavy atom. The number of ether oxygens (including phenoxy) is 3. The van der Waals surface area contributed by atoms with Gasteiger partial charge in [0.2, 0.25) is 11.5 Å². The number of benzene rings is 1. The molecule has 150 valence electrons. The lowest BCUT2D eigenvalue weighted by Gasteiger charge is -2.15. The van der Waals surface area contributed by atoms with Crippen LogP contribution in [-0.2, 0) is 9.59 Å². The summed E-state index contributed by atoms with van der Waals surface area (Å²) in [4.78, 5) is 36.0. The number of fused-ring (bicyclic) bond motifs is 1. The van der Waals surface area contributed by atoms with Gasteiger partial charge in [-0.1, -0.05) is 12.5 Å². The van der Waals surface area contributed by atoms with Crippen LogP contribution in [0.2, 0.25) is 0 Å². The SMILES string of the molecule is COc1cc2ccc(=O)oc2c(OC(=O)C[C@H](C)CC(=O)C=C(C)C)c1OC. The molecule has 7 heteroatoms. The van der Waals surface area contributed by atoms with Crippen LogP contribution in [0, 0.1) is 5.92 Å². The van der Waals surface area contributed by atoms with Crippen LogP contribution in [0.5, 0.6) is 17.2 Å². The van der Waals surface area contributed by atoms with Crippen molar-refractivity contribution in [2.75, 3.05) is 14.2 Å². The zero-order valence-corrected chi connectivity index (χ0v) is 16.7. The summed E-state index contributed by atoms with van der Waals surface area (Å²) in [6, 6.07) is 4.42. The maximum atomic E-state index is 12.5. The van der Waals surface area contributed by atoms with E-state index in [0.717, 1.165) is 5.57 Å². The molecule has 0 N–H and O–H groups in total. The minimum atomic E-state index is -0.585. The summed E-state index contributed by atoms with van der Waals surface area (Å²) in [5, 5.41) is 0.520. The lowest BCUT2D eigenvalue weighted by Crippen LogP contribution is -2.15. The number of allylic oxidation sites excluding steroid dienone is 2. The Kier molecular flexibility index (Phi) is 6.98. The van der Waals surface area contributed by atoms with Crippen molar-refractivity contribution in [1.29, 1.82) is 0 Å². The molecule has 1 atom stereocenters. The molecule has 2 rings (SSSR count). The molecule has 1 aromatic heterocycles. The highest BCUT2D eigenvalue weighted by molar-refractivity contribution is 5.92. The topological polar surface area (TPSA) is 92.0 Å². The predicted octanol–water partition coefficient (Wildman–Crippen LogP) is 3.67. The number of hydrogen-bond acceptors (Lipinski definition) is 7. The number of methoxy groups -OCH3 is 2. The van der Waals surface area contributed by atoms with E-state index in [0.29, 0.717) is 11.1 Å². The van der Waals surface area contributed by atoms with Crippen molar-refractivity contribution in [3.8, 4) is 17.2 Å². The fourth-order valence-electron chi connectivity index (χ4n) is 2.81. The lowest BCUT2D eigenvalue weighted by molar-refractivity contribution is -0.135. The van der Waals surface area contributed by atoms with Gasteiger partial charge < -0.3 is 18.6 Å². The molecule has 0 aliphatic heterocycles. The third-order valence-electron chi connectivity index (χ3n) is 3.94. The summed E-state index contributed by atoms with van der Waals surface area (Å²) in [5.41, 5.74) is 0.409. The second-order valence-electron chi connectivity index (χ2n) is 6.79. The highest BCUT2D eigenvalue weighted by atomic mass is 16.6. The maximum Gasteiger partial charge on any atom is 0.336 e. The van der Waals surface area contributed by atoms with Crippen molar-refractivity contribution in [2.24, 2.45) is 5.92 Å². The molecule has 0 unspecified atom stereocenters. The molecule has 0 aliphatic rings. The number of carbonyl (C=O) groups excluding carboxylic acids is 2. The number of esters is 1. The van der Waals surface area contributed by atoms with Gasteiger partial charge in [-0.15, -0.1) is 0 Å². The van der Waals surface area contributed by atoms with Gasteiger partial charge in [0.1, 0.15) is 0 Å². The number of ketones is 1. The van der Waals surface area contributed by atoms with Gasteiger partial charge >= 0.3 is 11.6 Å². The van der Waals surface area contributed by atoms with E-state index in [2.05, 4.69) is 0 Å². The molecule has 0 fully saturated rings. The fraction of sp³-hybridized carbons (Fsp3) is 0.381. The van der Waals surface area contributed by atoms with Crippen molar-refractivity contribution in [2.45, 2.75) is 33.6 Å². The number of rotatable bonds is 8. The van der Waals surface area contributed by atoms with Gasteiger partial charge in [0.25, 0.3) is 0 Å². The van der Waals surface area contributed by atoms with E-state index in [-0.39, 0.29) is 41.6 Å². The Morgan fingerprint density at radius 1 is 1.11 bits per heavy atom. The average molecular weight is 388 g/mol. The van der Waals surface area contributed by atoms with Crippen molar-refractivity contribution in [1.82, 2.24) is 0 Å². The second-order valence-corrected chi connectivity index (χ2v) is 6.79. The monoisotopic (exact) mass is 388 g/mol. The van der Waals surface area contributed by atoms with E-state index in [1.807, 2.05) is 13.8 Å². The van der Waals surface area contributed by atoms with Gasteiger partial charge in [-0.2, -0.15) is 0 Å². The first kappa shape index (κ1) is 21.2. The molecule has 0 spiro atoms. The molecule has 0 saturated carbocycles. The van der Waals surface area contributed by atoms with Crippen LogP contribution in [0.1, 0.15) is 33.6 Å². The van der Waals surface area contributed by atoms with E-state index in [9.17, 15) is 14.4 Å². The normalized spacial score (nSPS) is 11.6. The number of carbonyl (C=O) groups is 2. The van der Waals surface area contributed by atoms with Crippen LogP contribution in [0.25, 0.3) is 11.0 Å². The van der Waals surface area contributed by atoms with Crippen molar-refractivity contribution in [3.05, 3.63) is 40.3 Å². The first-order valence-corrected chi connectivity index (χ1v) is 8.82. The van der Waals surface area contributed by atoms with Gasteiger partial charge in [0.05, 0.1) is 14.2 Å². The van der Waals surface area contributed by atoms with Gasteiger partial charge in [-0.3, -0.25) is 9.59 Å². The molecule has 1 aromatic carbocycles. The van der Waals surface area contributed by atoms with Crippen molar-refractivity contribution in [3.63, 3.8) is 0 Å². The second kappa shape index (κ2) is 9.21. The van der Waals surface area contributed by atoms with E-state index in [4.69, 9.17) is 18.6 Å². The highest BCUT2D eigenvalue weighted by Gasteiger charge is 2.23. The summed E-state index contributed by atoms with van der Waals surface area (Å²) in [6.07, 6.45) is 1.79. The van der Waals surface area contributed by atoms with E-state index >= 15 is 0 Å². The third-order valence-corrected chi connectivity index (χ3v) is 3.94. The van der Waals surface area contributed by atoms with E-state index in [1.165, 1.54) is 20.3 Å². The Bertz CT molecular complexity index is 965. The number of hydrogen-bond donors (Lipinski definition) is 0. The summed E-state index contributed by atoms with van der Waals surface area (Å²) in [5.74, 6) is -0.384. The van der Waals surface area contributed by atoms with Crippen LogP contribution >= 0.6 is 0 Å². The summed E-state index contributed by atoms with van der Waals surface area (Å²) in [7, 11) is 2.84. The molecule has 0 radical (unpaired) electrons. The third kappa shape index (κ3) is 5.22. The van der Waals surface area contributed by atoms with Crippen LogP contribution in [0.15, 0.2) is 39.1 Å². The van der Waals surface area contributed by atoms with Gasteiger partial charge in [-0.25, -0.2) is 4.79 Å². The molecule has 0 saturated heterocycles. The van der Waals surface area contributed by atoms with Crippen LogP contribution in [0.4, 0.5) is 0 Å². The average Bonchev–Trinajstić information content (AvgIpc) is 2.60. The fourth-order valence-corrected chi connectivity index (χ4v) is 2.81. The van der Waals surface area contributed by atoms with Gasteiger partial charge in [0.15, 0.2) is 17.1 Å². The minimum absolute atomic E-state index is 0.0151. The van der Waals surface area contributed by atoms with Crippen molar-refractivity contribution < 1.29 is 28.2 Å². The smallest absolute Gasteiger partial charge is 0.336 e. The Balaban J connectivity index is 2.30. The molecule has 0 amide bonds. The minimum Gasteiger partial charge on any atom is -0.493 e. The Morgan fingerprint density at radius 2 is 1.82 bits per heavy atom. The van der Waals surface area contributed by atoms with Crippen molar-refractivity contribution >= 4 is 22.7 Å². The summed E-state index contributed by atoms with van der Waals surface area (Å²) >= 11 is 0. The zero-order chi connectivity index (χ0) is 20.8. The van der Waals surface area contributed by atoms with Crippen LogP contribution in [0.3, 0.4) is 0 Å². The predicted molar refractivity (Wildman–Crippen MR) is 104 cm³/mol. The molecule has 0 aliphatic carbocycles. The van der Waals surface area contributed by atoms with Gasteiger partial charge in [-0.05, 0) is 38.0 Å². The van der Waals surface area contributed by atoms with Crippen LogP contribution < -0.4 is 19.8 Å². The molecule has 2 aromatic rings. The van der Waals surface area contributed by atoms with E-state index < -0.39 is 11.6 Å². The molecular formula is C21H24O7.